The van der Waals surface area contributed by atoms with Crippen LogP contribution in [0.1, 0.15) is 50.7 Å². The van der Waals surface area contributed by atoms with Gasteiger partial charge in [0.1, 0.15) is 0 Å². The number of benzene rings is 1. The van der Waals surface area contributed by atoms with Gasteiger partial charge in [-0.2, -0.15) is 0 Å². The Bertz CT molecular complexity index is 406. The van der Waals surface area contributed by atoms with Gasteiger partial charge in [-0.3, -0.25) is 4.90 Å². The summed E-state index contributed by atoms with van der Waals surface area (Å²) in [5.74, 6) is 0.724. The van der Waals surface area contributed by atoms with Crippen molar-refractivity contribution in [1.29, 1.82) is 0 Å². The van der Waals surface area contributed by atoms with Crippen molar-refractivity contribution in [3.05, 3.63) is 29.3 Å². The summed E-state index contributed by atoms with van der Waals surface area (Å²) >= 11 is 0. The van der Waals surface area contributed by atoms with Gasteiger partial charge in [0.2, 0.25) is 0 Å². The predicted molar refractivity (Wildman–Crippen MR) is 83.1 cm³/mol. The topological polar surface area (TPSA) is 29.3 Å². The number of nitrogen functional groups attached to an aromatic ring is 1. The first-order chi connectivity index (χ1) is 9.08. The van der Waals surface area contributed by atoms with Crippen LogP contribution < -0.4 is 5.73 Å². The van der Waals surface area contributed by atoms with Crippen molar-refractivity contribution in [3.8, 4) is 0 Å². The van der Waals surface area contributed by atoms with Crippen LogP contribution in [0.15, 0.2) is 18.2 Å². The molecule has 2 N–H and O–H groups in total. The molecule has 2 rings (SSSR count). The summed E-state index contributed by atoms with van der Waals surface area (Å²) in [5.41, 5.74) is 9.61. The molecule has 0 bridgehead atoms. The molecule has 0 heterocycles. The van der Waals surface area contributed by atoms with Crippen molar-refractivity contribution in [2.24, 2.45) is 5.92 Å². The second kappa shape index (κ2) is 6.42. The molecule has 1 aromatic carbocycles. The molecule has 2 nitrogen and oxygen atoms in total. The number of nitrogens with zero attached hydrogens (tertiary/aromatic N) is 1. The van der Waals surface area contributed by atoms with Gasteiger partial charge in [-0.25, -0.2) is 0 Å². The molecule has 0 amide bonds. The molecule has 1 aromatic rings. The number of rotatable bonds is 5. The lowest BCUT2D eigenvalue weighted by Crippen LogP contribution is -2.35. The molecule has 0 saturated heterocycles. The van der Waals surface area contributed by atoms with Crippen molar-refractivity contribution in [1.82, 2.24) is 4.90 Å². The van der Waals surface area contributed by atoms with E-state index in [0.717, 1.165) is 24.2 Å². The van der Waals surface area contributed by atoms with Crippen molar-refractivity contribution in [2.75, 3.05) is 12.3 Å². The van der Waals surface area contributed by atoms with E-state index in [-0.39, 0.29) is 0 Å². The SMILES string of the molecule is Cc1c(N)cccc1CN(CC(C)C)C1CCCC1. The summed E-state index contributed by atoms with van der Waals surface area (Å²) in [6.07, 6.45) is 5.53. The molecule has 0 radical (unpaired) electrons. The lowest BCUT2D eigenvalue weighted by Gasteiger charge is -2.31. The highest BCUT2D eigenvalue weighted by Gasteiger charge is 2.23. The van der Waals surface area contributed by atoms with E-state index in [1.165, 1.54) is 43.4 Å². The average molecular weight is 260 g/mol. The predicted octanol–water partition coefficient (Wildman–Crippen LogP) is 3.98. The molecule has 19 heavy (non-hydrogen) atoms. The molecule has 1 saturated carbocycles. The van der Waals surface area contributed by atoms with E-state index in [2.05, 4.69) is 37.8 Å². The second-order valence-electron chi connectivity index (χ2n) is 6.39. The minimum atomic E-state index is 0.724. The summed E-state index contributed by atoms with van der Waals surface area (Å²) < 4.78 is 0. The maximum absolute atomic E-state index is 6.03. The summed E-state index contributed by atoms with van der Waals surface area (Å²) in [6.45, 7) is 9.02. The standard InChI is InChI=1S/C17H28N2/c1-13(2)11-19(16-8-4-5-9-16)12-15-7-6-10-17(18)14(15)3/h6-7,10,13,16H,4-5,8-9,11-12,18H2,1-3H3. The fourth-order valence-corrected chi connectivity index (χ4v) is 3.17. The van der Waals surface area contributed by atoms with Crippen LogP contribution in [0.4, 0.5) is 5.69 Å². The molecule has 0 unspecified atom stereocenters. The molecule has 1 fully saturated rings. The van der Waals surface area contributed by atoms with Gasteiger partial charge in [-0.15, -0.1) is 0 Å². The quantitative estimate of drug-likeness (QED) is 0.811. The van der Waals surface area contributed by atoms with Gasteiger partial charge >= 0.3 is 0 Å². The van der Waals surface area contributed by atoms with E-state index < -0.39 is 0 Å². The van der Waals surface area contributed by atoms with Crippen molar-refractivity contribution < 1.29 is 0 Å². The number of hydrogen-bond donors (Lipinski definition) is 1. The Balaban J connectivity index is 2.12. The Morgan fingerprint density at radius 1 is 1.26 bits per heavy atom. The molecule has 2 heteroatoms. The average Bonchev–Trinajstić information content (AvgIpc) is 2.87. The molecular weight excluding hydrogens is 232 g/mol. The summed E-state index contributed by atoms with van der Waals surface area (Å²) in [6, 6.07) is 7.10. The zero-order valence-electron chi connectivity index (χ0n) is 12.7. The highest BCUT2D eigenvalue weighted by atomic mass is 15.2. The van der Waals surface area contributed by atoms with Crippen molar-refractivity contribution in [2.45, 2.75) is 59.0 Å². The molecule has 1 aliphatic carbocycles. The third kappa shape index (κ3) is 3.73. The molecular formula is C17H28N2. The summed E-state index contributed by atoms with van der Waals surface area (Å²) in [4.78, 5) is 2.68. The first-order valence-electron chi connectivity index (χ1n) is 7.66. The van der Waals surface area contributed by atoms with Gasteiger partial charge in [0.05, 0.1) is 0 Å². The molecule has 0 aromatic heterocycles. The Kier molecular flexibility index (Phi) is 4.87. The minimum Gasteiger partial charge on any atom is -0.399 e. The van der Waals surface area contributed by atoms with Gasteiger partial charge < -0.3 is 5.73 Å². The highest BCUT2D eigenvalue weighted by Crippen LogP contribution is 2.27. The normalized spacial score (nSPS) is 16.7. The largest absolute Gasteiger partial charge is 0.399 e. The van der Waals surface area contributed by atoms with Gasteiger partial charge in [-0.1, -0.05) is 38.8 Å². The van der Waals surface area contributed by atoms with Crippen LogP contribution in [0.5, 0.6) is 0 Å². The van der Waals surface area contributed by atoms with Crippen LogP contribution >= 0.6 is 0 Å². The smallest absolute Gasteiger partial charge is 0.0346 e. The lowest BCUT2D eigenvalue weighted by molar-refractivity contribution is 0.168. The Morgan fingerprint density at radius 2 is 1.95 bits per heavy atom. The van der Waals surface area contributed by atoms with E-state index in [1.54, 1.807) is 0 Å². The Morgan fingerprint density at radius 3 is 2.58 bits per heavy atom. The van der Waals surface area contributed by atoms with Crippen molar-refractivity contribution in [3.63, 3.8) is 0 Å². The third-order valence-corrected chi connectivity index (χ3v) is 4.30. The van der Waals surface area contributed by atoms with Gasteiger partial charge in [0.15, 0.2) is 0 Å². The van der Waals surface area contributed by atoms with E-state index in [1.807, 2.05) is 6.07 Å². The zero-order valence-corrected chi connectivity index (χ0v) is 12.7. The van der Waals surface area contributed by atoms with Crippen LogP contribution in [0.25, 0.3) is 0 Å². The maximum Gasteiger partial charge on any atom is 0.0346 e. The first-order valence-corrected chi connectivity index (χ1v) is 7.66. The van der Waals surface area contributed by atoms with E-state index in [9.17, 15) is 0 Å². The van der Waals surface area contributed by atoms with E-state index >= 15 is 0 Å². The Labute approximate surface area is 118 Å². The second-order valence-corrected chi connectivity index (χ2v) is 6.39. The van der Waals surface area contributed by atoms with Gasteiger partial charge in [0, 0.05) is 24.8 Å². The lowest BCUT2D eigenvalue weighted by atomic mass is 10.0. The zero-order chi connectivity index (χ0) is 13.8. The highest BCUT2D eigenvalue weighted by molar-refractivity contribution is 5.49. The molecule has 0 spiro atoms. The van der Waals surface area contributed by atoms with Crippen LogP contribution in [0.3, 0.4) is 0 Å². The number of hydrogen-bond acceptors (Lipinski definition) is 2. The third-order valence-electron chi connectivity index (χ3n) is 4.30. The van der Waals surface area contributed by atoms with E-state index in [0.29, 0.717) is 0 Å². The van der Waals surface area contributed by atoms with E-state index in [4.69, 9.17) is 5.73 Å². The molecule has 106 valence electrons. The van der Waals surface area contributed by atoms with Crippen LogP contribution in [0.2, 0.25) is 0 Å². The molecule has 0 atom stereocenters. The Hall–Kier alpha value is -1.02. The minimum absolute atomic E-state index is 0.724. The number of nitrogens with two attached hydrogens (primary N) is 1. The monoisotopic (exact) mass is 260 g/mol. The first kappa shape index (κ1) is 14.4. The summed E-state index contributed by atoms with van der Waals surface area (Å²) in [7, 11) is 0. The van der Waals surface area contributed by atoms with Crippen LogP contribution in [-0.2, 0) is 6.54 Å². The van der Waals surface area contributed by atoms with Crippen LogP contribution in [0, 0.1) is 12.8 Å². The molecule has 0 aliphatic heterocycles. The fourth-order valence-electron chi connectivity index (χ4n) is 3.17. The van der Waals surface area contributed by atoms with Gasteiger partial charge in [0.25, 0.3) is 0 Å². The fraction of sp³-hybridized carbons (Fsp3) is 0.647. The van der Waals surface area contributed by atoms with Crippen molar-refractivity contribution >= 4 is 5.69 Å². The molecule has 1 aliphatic rings. The maximum atomic E-state index is 6.03. The van der Waals surface area contributed by atoms with Crippen LogP contribution in [-0.4, -0.2) is 17.5 Å². The van der Waals surface area contributed by atoms with Gasteiger partial charge in [-0.05, 0) is 42.9 Å². The number of anilines is 1. The summed E-state index contributed by atoms with van der Waals surface area (Å²) in [5, 5.41) is 0.